The maximum absolute atomic E-state index is 9.67. The fraction of sp³-hybridized carbons (Fsp3) is 0.167. The molecule has 0 aromatic heterocycles. The lowest BCUT2D eigenvalue weighted by Gasteiger charge is -2.21. The fourth-order valence-electron chi connectivity index (χ4n) is 5.62. The van der Waals surface area contributed by atoms with Gasteiger partial charge < -0.3 is 0 Å². The summed E-state index contributed by atoms with van der Waals surface area (Å²) < 4.78 is 29.0. The van der Waals surface area contributed by atoms with Crippen molar-refractivity contribution < 1.29 is 13.2 Å². The number of hydrogen-bond acceptors (Lipinski definition) is 0. The Balaban J connectivity index is 0.000000723. The van der Waals surface area contributed by atoms with E-state index in [4.69, 9.17) is 0 Å². The van der Waals surface area contributed by atoms with E-state index in [2.05, 4.69) is 129 Å². The maximum atomic E-state index is 9.67. The second-order valence-electron chi connectivity index (χ2n) is 10.3. The maximum Gasteiger partial charge on any atom is 0.379 e. The van der Waals surface area contributed by atoms with Crippen molar-refractivity contribution in [1.82, 2.24) is 0 Å². The van der Waals surface area contributed by atoms with Gasteiger partial charge >= 0.3 is 6.68 Å². The summed E-state index contributed by atoms with van der Waals surface area (Å²) in [6, 6.07) is 42.5. The van der Waals surface area contributed by atoms with Crippen LogP contribution in [0, 0.1) is 5.92 Å². The van der Waals surface area contributed by atoms with Crippen LogP contribution in [0.5, 0.6) is 0 Å². The number of hydrogen-bond donors (Lipinski definition) is 0. The SMILES string of the molecule is CC(C)Cc1ccc(-c2c3c(cc(-c4ccccc4)c2-c2ccccc2)-c2ccccc2C3)cc1.FC(F)F. The zero-order valence-corrected chi connectivity index (χ0v) is 22.2. The Morgan fingerprint density at radius 2 is 1.10 bits per heavy atom. The van der Waals surface area contributed by atoms with E-state index < -0.39 is 6.68 Å². The van der Waals surface area contributed by atoms with Gasteiger partial charge in [0.25, 0.3) is 0 Å². The fourth-order valence-corrected chi connectivity index (χ4v) is 5.62. The zero-order valence-electron chi connectivity index (χ0n) is 22.2. The van der Waals surface area contributed by atoms with Crippen molar-refractivity contribution in [2.75, 3.05) is 0 Å². The Kier molecular flexibility index (Phi) is 7.97. The summed E-state index contributed by atoms with van der Waals surface area (Å²) in [5.41, 5.74) is 14.9. The van der Waals surface area contributed by atoms with Gasteiger partial charge in [0, 0.05) is 0 Å². The highest BCUT2D eigenvalue weighted by atomic mass is 19.4. The van der Waals surface area contributed by atoms with E-state index in [0.29, 0.717) is 5.92 Å². The highest BCUT2D eigenvalue weighted by Crippen LogP contribution is 2.50. The van der Waals surface area contributed by atoms with Gasteiger partial charge in [0.1, 0.15) is 0 Å². The lowest BCUT2D eigenvalue weighted by Crippen LogP contribution is -1.98. The number of benzene rings is 5. The van der Waals surface area contributed by atoms with E-state index in [1.807, 2.05) is 0 Å². The van der Waals surface area contributed by atoms with Gasteiger partial charge in [-0.15, -0.1) is 0 Å². The molecule has 3 heteroatoms. The Hall–Kier alpha value is -4.11. The highest BCUT2D eigenvalue weighted by Gasteiger charge is 2.27. The predicted octanol–water partition coefficient (Wildman–Crippen LogP) is 10.6. The first kappa shape index (κ1) is 26.5. The minimum atomic E-state index is -3.67. The average Bonchev–Trinajstić information content (AvgIpc) is 3.31. The molecule has 0 N–H and O–H groups in total. The molecule has 6 rings (SSSR count). The summed E-state index contributed by atoms with van der Waals surface area (Å²) in [6.07, 6.45) is 2.09. The van der Waals surface area contributed by atoms with Gasteiger partial charge in [-0.1, -0.05) is 123 Å². The second kappa shape index (κ2) is 11.7. The molecule has 39 heavy (non-hydrogen) atoms. The molecule has 0 heterocycles. The average molecular weight is 521 g/mol. The molecule has 1 aliphatic rings. The summed E-state index contributed by atoms with van der Waals surface area (Å²) in [6.45, 7) is 0.906. The molecular weight excluding hydrogens is 489 g/mol. The zero-order chi connectivity index (χ0) is 27.4. The molecule has 0 saturated heterocycles. The van der Waals surface area contributed by atoms with Crippen LogP contribution >= 0.6 is 0 Å². The van der Waals surface area contributed by atoms with E-state index in [0.717, 1.165) is 12.8 Å². The van der Waals surface area contributed by atoms with Crippen molar-refractivity contribution >= 4 is 0 Å². The summed E-state index contributed by atoms with van der Waals surface area (Å²) in [5.74, 6) is 0.654. The third-order valence-corrected chi connectivity index (χ3v) is 7.14. The molecule has 0 atom stereocenters. The topological polar surface area (TPSA) is 0 Å². The van der Waals surface area contributed by atoms with Crippen molar-refractivity contribution in [3.8, 4) is 44.5 Å². The lowest BCUT2D eigenvalue weighted by molar-refractivity contribution is 0.00819. The predicted molar refractivity (Wildman–Crippen MR) is 157 cm³/mol. The second-order valence-corrected chi connectivity index (χ2v) is 10.3. The van der Waals surface area contributed by atoms with E-state index in [1.54, 1.807) is 0 Å². The van der Waals surface area contributed by atoms with E-state index in [-0.39, 0.29) is 0 Å². The van der Waals surface area contributed by atoms with Crippen LogP contribution in [-0.4, -0.2) is 6.68 Å². The summed E-state index contributed by atoms with van der Waals surface area (Å²) in [5, 5.41) is 0. The van der Waals surface area contributed by atoms with Crippen LogP contribution in [-0.2, 0) is 12.8 Å². The number of halogens is 3. The molecule has 5 aromatic rings. The Labute approximate surface area is 228 Å². The van der Waals surface area contributed by atoms with Crippen LogP contribution < -0.4 is 0 Å². The van der Waals surface area contributed by atoms with E-state index in [1.165, 1.54) is 61.2 Å². The summed E-state index contributed by atoms with van der Waals surface area (Å²) in [4.78, 5) is 0. The van der Waals surface area contributed by atoms with Gasteiger partial charge in [0.05, 0.1) is 0 Å². The van der Waals surface area contributed by atoms with Crippen molar-refractivity contribution in [3.05, 3.63) is 132 Å². The van der Waals surface area contributed by atoms with Gasteiger partial charge in [0.15, 0.2) is 0 Å². The number of rotatable bonds is 5. The van der Waals surface area contributed by atoms with Crippen LogP contribution in [0.3, 0.4) is 0 Å². The first-order chi connectivity index (χ1) is 18.9. The molecule has 0 radical (unpaired) electrons. The molecule has 0 fully saturated rings. The van der Waals surface area contributed by atoms with Gasteiger partial charge in [-0.2, -0.15) is 13.2 Å². The molecule has 1 aliphatic carbocycles. The third kappa shape index (κ3) is 5.83. The first-order valence-corrected chi connectivity index (χ1v) is 13.3. The third-order valence-electron chi connectivity index (χ3n) is 7.14. The van der Waals surface area contributed by atoms with Crippen LogP contribution in [0.4, 0.5) is 13.2 Å². The first-order valence-electron chi connectivity index (χ1n) is 13.3. The number of alkyl halides is 3. The van der Waals surface area contributed by atoms with Crippen molar-refractivity contribution in [2.24, 2.45) is 5.92 Å². The molecule has 0 nitrogen and oxygen atoms in total. The molecule has 196 valence electrons. The van der Waals surface area contributed by atoms with Gasteiger partial charge in [-0.3, -0.25) is 0 Å². The lowest BCUT2D eigenvalue weighted by atomic mass is 9.82. The van der Waals surface area contributed by atoms with Crippen molar-refractivity contribution in [2.45, 2.75) is 33.4 Å². The minimum Gasteiger partial charge on any atom is -0.174 e. The number of fused-ring (bicyclic) bond motifs is 3. The molecule has 0 aliphatic heterocycles. The van der Waals surface area contributed by atoms with Gasteiger partial charge in [0.2, 0.25) is 0 Å². The molecular formula is C36H31F3. The van der Waals surface area contributed by atoms with Crippen LogP contribution in [0.15, 0.2) is 115 Å². The molecule has 0 amide bonds. The van der Waals surface area contributed by atoms with Crippen LogP contribution in [0.25, 0.3) is 44.5 Å². The summed E-state index contributed by atoms with van der Waals surface area (Å²) in [7, 11) is 0. The van der Waals surface area contributed by atoms with E-state index in [9.17, 15) is 13.2 Å². The molecule has 0 bridgehead atoms. The Morgan fingerprint density at radius 3 is 1.72 bits per heavy atom. The van der Waals surface area contributed by atoms with Crippen LogP contribution in [0.2, 0.25) is 0 Å². The molecule has 0 unspecified atom stereocenters. The Morgan fingerprint density at radius 1 is 0.564 bits per heavy atom. The standard InChI is InChI=1S/C35H30.CHF3/c1-24(2)21-25-17-19-28(20-18-25)35-33-22-29-15-9-10-16-30(29)32(33)23-31(26-11-5-3-6-12-26)34(35)27-13-7-4-8-14-27;2-1(3)4/h3-20,23-24H,21-22H2,1-2H3;1H. The van der Waals surface area contributed by atoms with Crippen LogP contribution in [0.1, 0.15) is 30.5 Å². The molecule has 5 aromatic carbocycles. The van der Waals surface area contributed by atoms with Gasteiger partial charge in [-0.25, -0.2) is 0 Å². The normalized spacial score (nSPS) is 11.7. The molecule has 0 saturated carbocycles. The van der Waals surface area contributed by atoms with Crippen molar-refractivity contribution in [1.29, 1.82) is 0 Å². The highest BCUT2D eigenvalue weighted by molar-refractivity contribution is 6.01. The van der Waals surface area contributed by atoms with Crippen molar-refractivity contribution in [3.63, 3.8) is 0 Å². The monoisotopic (exact) mass is 520 g/mol. The Bertz CT molecular complexity index is 1530. The van der Waals surface area contributed by atoms with Gasteiger partial charge in [-0.05, 0) is 86.0 Å². The minimum absolute atomic E-state index is 0.654. The smallest absolute Gasteiger partial charge is 0.174 e. The largest absolute Gasteiger partial charge is 0.379 e. The summed E-state index contributed by atoms with van der Waals surface area (Å²) >= 11 is 0. The molecule has 0 spiro atoms. The van der Waals surface area contributed by atoms with E-state index >= 15 is 0 Å². The quantitative estimate of drug-likeness (QED) is 0.212.